The number of nitrogens with zero attached hydrogens (tertiary/aromatic N) is 2. The maximum atomic E-state index is 12.3. The molecule has 0 saturated carbocycles. The second-order valence-corrected chi connectivity index (χ2v) is 6.15. The molecule has 0 aromatic rings. The van der Waals surface area contributed by atoms with Gasteiger partial charge in [0.2, 0.25) is 5.91 Å². The Hall–Kier alpha value is -1.36. The standard InChI is InChI=1S/C16H26N2O3/c1-13(11-16(20)21)17-7-9-18(10-8-17)15(19)12-14-5-3-2-4-6-14/h5,13H,2-4,6-12H2,1H3,(H,20,21). The average molecular weight is 294 g/mol. The summed E-state index contributed by atoms with van der Waals surface area (Å²) in [5, 5.41) is 8.84. The fourth-order valence-corrected chi connectivity index (χ4v) is 3.17. The molecule has 21 heavy (non-hydrogen) atoms. The van der Waals surface area contributed by atoms with Crippen LogP contribution in [0.25, 0.3) is 0 Å². The third-order valence-electron chi connectivity index (χ3n) is 4.52. The molecule has 1 amide bonds. The van der Waals surface area contributed by atoms with Crippen LogP contribution in [-0.2, 0) is 9.59 Å². The van der Waals surface area contributed by atoms with E-state index in [4.69, 9.17) is 5.11 Å². The molecule has 0 aromatic carbocycles. The lowest BCUT2D eigenvalue weighted by Crippen LogP contribution is -2.51. The summed E-state index contributed by atoms with van der Waals surface area (Å²) < 4.78 is 0. The maximum absolute atomic E-state index is 12.3. The van der Waals surface area contributed by atoms with Gasteiger partial charge in [-0.15, -0.1) is 0 Å². The topological polar surface area (TPSA) is 60.9 Å². The minimum Gasteiger partial charge on any atom is -0.481 e. The highest BCUT2D eigenvalue weighted by Gasteiger charge is 2.25. The monoisotopic (exact) mass is 294 g/mol. The molecule has 118 valence electrons. The van der Waals surface area contributed by atoms with Crippen molar-refractivity contribution in [2.75, 3.05) is 26.2 Å². The van der Waals surface area contributed by atoms with Gasteiger partial charge < -0.3 is 10.0 Å². The zero-order valence-electron chi connectivity index (χ0n) is 12.9. The van der Waals surface area contributed by atoms with Crippen molar-refractivity contribution in [3.05, 3.63) is 11.6 Å². The van der Waals surface area contributed by atoms with Crippen LogP contribution in [0.4, 0.5) is 0 Å². The van der Waals surface area contributed by atoms with Gasteiger partial charge in [0.25, 0.3) is 0 Å². The van der Waals surface area contributed by atoms with Crippen LogP contribution in [0.3, 0.4) is 0 Å². The van der Waals surface area contributed by atoms with Gasteiger partial charge in [0.05, 0.1) is 6.42 Å². The second kappa shape index (κ2) is 7.59. The van der Waals surface area contributed by atoms with Crippen LogP contribution in [0.15, 0.2) is 11.6 Å². The van der Waals surface area contributed by atoms with Gasteiger partial charge in [-0.2, -0.15) is 0 Å². The van der Waals surface area contributed by atoms with Gasteiger partial charge in [-0.05, 0) is 32.6 Å². The minimum absolute atomic E-state index is 0.0424. The van der Waals surface area contributed by atoms with E-state index in [1.165, 1.54) is 18.4 Å². The van der Waals surface area contributed by atoms with Crippen molar-refractivity contribution in [1.82, 2.24) is 9.80 Å². The average Bonchev–Trinajstić information content (AvgIpc) is 2.47. The van der Waals surface area contributed by atoms with Gasteiger partial charge in [0.15, 0.2) is 0 Å². The molecule has 1 heterocycles. The first-order chi connectivity index (χ1) is 10.1. The summed E-state index contributed by atoms with van der Waals surface area (Å²) in [6.45, 7) is 4.93. The van der Waals surface area contributed by atoms with Crippen molar-refractivity contribution < 1.29 is 14.7 Å². The minimum atomic E-state index is -0.759. The largest absolute Gasteiger partial charge is 0.481 e. The summed E-state index contributed by atoms with van der Waals surface area (Å²) in [7, 11) is 0. The molecule has 1 atom stereocenters. The lowest BCUT2D eigenvalue weighted by Gasteiger charge is -2.37. The highest BCUT2D eigenvalue weighted by atomic mass is 16.4. The molecular formula is C16H26N2O3. The molecule has 0 radical (unpaired) electrons. The number of allylic oxidation sites excluding steroid dienone is 1. The number of carbonyl (C=O) groups is 2. The van der Waals surface area contributed by atoms with Crippen molar-refractivity contribution >= 4 is 11.9 Å². The van der Waals surface area contributed by atoms with E-state index in [-0.39, 0.29) is 18.4 Å². The zero-order chi connectivity index (χ0) is 15.2. The van der Waals surface area contributed by atoms with Crippen molar-refractivity contribution in [1.29, 1.82) is 0 Å². The molecule has 1 fully saturated rings. The lowest BCUT2D eigenvalue weighted by molar-refractivity contribution is -0.139. The molecular weight excluding hydrogens is 268 g/mol. The van der Waals surface area contributed by atoms with Gasteiger partial charge in [-0.3, -0.25) is 14.5 Å². The Kier molecular flexibility index (Phi) is 5.79. The number of piperazine rings is 1. The molecule has 5 nitrogen and oxygen atoms in total. The molecule has 1 saturated heterocycles. The number of hydrogen-bond donors (Lipinski definition) is 1. The number of carboxylic acids is 1. The Morgan fingerprint density at radius 3 is 2.52 bits per heavy atom. The van der Waals surface area contributed by atoms with Crippen molar-refractivity contribution in [2.24, 2.45) is 0 Å². The Balaban J connectivity index is 1.76. The fourth-order valence-electron chi connectivity index (χ4n) is 3.17. The van der Waals surface area contributed by atoms with Gasteiger partial charge in [0.1, 0.15) is 0 Å². The predicted octanol–water partition coefficient (Wildman–Crippen LogP) is 1.88. The van der Waals surface area contributed by atoms with Crippen LogP contribution in [0.1, 0.15) is 45.4 Å². The summed E-state index contributed by atoms with van der Waals surface area (Å²) in [4.78, 5) is 27.1. The van der Waals surface area contributed by atoms with Crippen LogP contribution in [0, 0.1) is 0 Å². The number of hydrogen-bond acceptors (Lipinski definition) is 3. The molecule has 1 aliphatic carbocycles. The summed E-state index contributed by atoms with van der Waals surface area (Å²) in [5.41, 5.74) is 1.30. The second-order valence-electron chi connectivity index (χ2n) is 6.15. The SMILES string of the molecule is CC(CC(=O)O)N1CCN(C(=O)CC2=CCCCC2)CC1. The molecule has 1 aliphatic heterocycles. The van der Waals surface area contributed by atoms with Crippen LogP contribution in [0.2, 0.25) is 0 Å². The third kappa shape index (κ3) is 4.84. The Labute approximate surface area is 126 Å². The number of aliphatic carboxylic acids is 1. The first-order valence-corrected chi connectivity index (χ1v) is 7.98. The van der Waals surface area contributed by atoms with E-state index in [1.54, 1.807) is 0 Å². The molecule has 0 bridgehead atoms. The molecule has 0 spiro atoms. The molecule has 2 rings (SSSR count). The number of rotatable bonds is 5. The van der Waals surface area contributed by atoms with E-state index in [2.05, 4.69) is 11.0 Å². The molecule has 1 N–H and O–H groups in total. The van der Waals surface area contributed by atoms with E-state index in [0.717, 1.165) is 39.0 Å². The summed E-state index contributed by atoms with van der Waals surface area (Å²) in [6.07, 6.45) is 7.61. The molecule has 2 aliphatic rings. The lowest BCUT2D eigenvalue weighted by atomic mass is 9.97. The summed E-state index contributed by atoms with van der Waals surface area (Å²) in [5.74, 6) is -0.529. The van der Waals surface area contributed by atoms with Gasteiger partial charge in [0, 0.05) is 38.6 Å². The van der Waals surface area contributed by atoms with Crippen LogP contribution >= 0.6 is 0 Å². The quantitative estimate of drug-likeness (QED) is 0.787. The van der Waals surface area contributed by atoms with E-state index in [9.17, 15) is 9.59 Å². The highest BCUT2D eigenvalue weighted by Crippen LogP contribution is 2.21. The van der Waals surface area contributed by atoms with E-state index in [1.807, 2.05) is 11.8 Å². The van der Waals surface area contributed by atoms with Crippen LogP contribution in [-0.4, -0.2) is 59.0 Å². The van der Waals surface area contributed by atoms with E-state index < -0.39 is 5.97 Å². The third-order valence-corrected chi connectivity index (χ3v) is 4.52. The predicted molar refractivity (Wildman–Crippen MR) is 81.0 cm³/mol. The maximum Gasteiger partial charge on any atom is 0.304 e. The number of carbonyl (C=O) groups excluding carboxylic acids is 1. The van der Waals surface area contributed by atoms with Crippen molar-refractivity contribution in [3.63, 3.8) is 0 Å². The normalized spacial score (nSPS) is 21.8. The Morgan fingerprint density at radius 2 is 1.95 bits per heavy atom. The highest BCUT2D eigenvalue weighted by molar-refractivity contribution is 5.78. The smallest absolute Gasteiger partial charge is 0.304 e. The first-order valence-electron chi connectivity index (χ1n) is 7.98. The molecule has 1 unspecified atom stereocenters. The van der Waals surface area contributed by atoms with Gasteiger partial charge >= 0.3 is 5.97 Å². The van der Waals surface area contributed by atoms with Crippen molar-refractivity contribution in [3.8, 4) is 0 Å². The first kappa shape index (κ1) is 16.0. The Morgan fingerprint density at radius 1 is 1.24 bits per heavy atom. The zero-order valence-corrected chi connectivity index (χ0v) is 12.9. The summed E-state index contributed by atoms with van der Waals surface area (Å²) in [6, 6.07) is 0.0424. The molecule has 5 heteroatoms. The van der Waals surface area contributed by atoms with Gasteiger partial charge in [-0.25, -0.2) is 0 Å². The fraction of sp³-hybridized carbons (Fsp3) is 0.750. The molecule has 0 aromatic heterocycles. The van der Waals surface area contributed by atoms with Crippen LogP contribution < -0.4 is 0 Å². The summed E-state index contributed by atoms with van der Waals surface area (Å²) >= 11 is 0. The van der Waals surface area contributed by atoms with Crippen molar-refractivity contribution in [2.45, 2.75) is 51.5 Å². The van der Waals surface area contributed by atoms with E-state index >= 15 is 0 Å². The van der Waals surface area contributed by atoms with Crippen LogP contribution in [0.5, 0.6) is 0 Å². The number of carboxylic acid groups (broad SMARTS) is 1. The number of amides is 1. The van der Waals surface area contributed by atoms with Gasteiger partial charge in [-0.1, -0.05) is 11.6 Å². The van der Waals surface area contributed by atoms with E-state index in [0.29, 0.717) is 6.42 Å². The Bertz CT molecular complexity index is 412.